The number of carbonyl (C=O) groups is 1. The summed E-state index contributed by atoms with van der Waals surface area (Å²) in [6.45, 7) is 1.04. The Hall–Kier alpha value is -1.26. The van der Waals surface area contributed by atoms with E-state index in [9.17, 15) is 4.79 Å². The summed E-state index contributed by atoms with van der Waals surface area (Å²) >= 11 is 5.71. The maximum Gasteiger partial charge on any atom is 0.407 e. The van der Waals surface area contributed by atoms with Gasteiger partial charge in [-0.25, -0.2) is 4.79 Å². The van der Waals surface area contributed by atoms with Gasteiger partial charge in [-0.1, -0.05) is 23.7 Å². The van der Waals surface area contributed by atoms with Gasteiger partial charge in [0.05, 0.1) is 0 Å². The van der Waals surface area contributed by atoms with Gasteiger partial charge in [-0.05, 0) is 17.7 Å². The second-order valence-electron chi connectivity index (χ2n) is 2.92. The molecule has 0 unspecified atom stereocenters. The first-order valence-electron chi connectivity index (χ1n) is 4.57. The minimum Gasteiger partial charge on any atom is -0.445 e. The van der Waals surface area contributed by atoms with Crippen LogP contribution in [0.3, 0.4) is 0 Å². The first-order valence-corrected chi connectivity index (χ1v) is 4.95. The van der Waals surface area contributed by atoms with E-state index in [1.807, 2.05) is 0 Å². The fourth-order valence-electron chi connectivity index (χ4n) is 0.955. The average Bonchev–Trinajstić information content (AvgIpc) is 2.25. The van der Waals surface area contributed by atoms with Gasteiger partial charge in [-0.3, -0.25) is 0 Å². The number of benzene rings is 1. The van der Waals surface area contributed by atoms with E-state index in [2.05, 4.69) is 5.32 Å². The van der Waals surface area contributed by atoms with Crippen molar-refractivity contribution in [3.8, 4) is 0 Å². The molecular formula is C10H13ClN2O2. The Kier molecular flexibility index (Phi) is 4.93. The third-order valence-corrected chi connectivity index (χ3v) is 1.95. The summed E-state index contributed by atoms with van der Waals surface area (Å²) in [6, 6.07) is 7.10. The van der Waals surface area contributed by atoms with E-state index < -0.39 is 6.09 Å². The molecule has 0 aliphatic rings. The van der Waals surface area contributed by atoms with Crippen molar-refractivity contribution in [2.24, 2.45) is 5.73 Å². The van der Waals surface area contributed by atoms with Crippen molar-refractivity contribution >= 4 is 17.7 Å². The first-order chi connectivity index (χ1) is 7.22. The van der Waals surface area contributed by atoms with Crippen LogP contribution in [0.15, 0.2) is 24.3 Å². The predicted molar refractivity (Wildman–Crippen MR) is 58.7 cm³/mol. The van der Waals surface area contributed by atoms with Crippen LogP contribution in [0, 0.1) is 0 Å². The van der Waals surface area contributed by atoms with Crippen molar-refractivity contribution in [2.75, 3.05) is 13.1 Å². The summed E-state index contributed by atoms with van der Waals surface area (Å²) in [7, 11) is 0. The van der Waals surface area contributed by atoms with Crippen molar-refractivity contribution in [3.05, 3.63) is 34.9 Å². The molecule has 1 aromatic carbocycles. The predicted octanol–water partition coefficient (Wildman–Crippen LogP) is 1.52. The minimum absolute atomic E-state index is 0.230. The SMILES string of the molecule is NCCNC(=O)OCc1ccc(Cl)cc1. The maximum absolute atomic E-state index is 11.0. The second-order valence-corrected chi connectivity index (χ2v) is 3.35. The molecule has 0 atom stereocenters. The molecule has 3 N–H and O–H groups in total. The Morgan fingerprint density at radius 2 is 2.07 bits per heavy atom. The lowest BCUT2D eigenvalue weighted by Gasteiger charge is -2.05. The van der Waals surface area contributed by atoms with Crippen LogP contribution in [-0.4, -0.2) is 19.2 Å². The molecule has 0 aliphatic carbocycles. The molecular weight excluding hydrogens is 216 g/mol. The Morgan fingerprint density at radius 1 is 1.40 bits per heavy atom. The molecule has 0 aromatic heterocycles. The average molecular weight is 229 g/mol. The molecule has 1 amide bonds. The molecule has 15 heavy (non-hydrogen) atoms. The van der Waals surface area contributed by atoms with E-state index in [0.29, 0.717) is 18.1 Å². The summed E-state index contributed by atoms with van der Waals surface area (Å²) in [6.07, 6.45) is -0.463. The Balaban J connectivity index is 2.30. The summed E-state index contributed by atoms with van der Waals surface area (Å²) in [4.78, 5) is 11.0. The van der Waals surface area contributed by atoms with Gasteiger partial charge >= 0.3 is 6.09 Å². The van der Waals surface area contributed by atoms with Crippen LogP contribution in [0.4, 0.5) is 4.79 Å². The standard InChI is InChI=1S/C10H13ClN2O2/c11-9-3-1-8(2-4-9)7-15-10(14)13-6-5-12/h1-4H,5-7,12H2,(H,13,14). The molecule has 0 saturated carbocycles. The van der Waals surface area contributed by atoms with Crippen LogP contribution >= 0.6 is 11.6 Å². The van der Waals surface area contributed by atoms with Crippen LogP contribution in [0.2, 0.25) is 5.02 Å². The fourth-order valence-corrected chi connectivity index (χ4v) is 1.08. The van der Waals surface area contributed by atoms with E-state index in [4.69, 9.17) is 22.1 Å². The van der Waals surface area contributed by atoms with Crippen LogP contribution in [0.1, 0.15) is 5.56 Å². The number of amides is 1. The van der Waals surface area contributed by atoms with Crippen LogP contribution in [0.25, 0.3) is 0 Å². The van der Waals surface area contributed by atoms with Gasteiger partial charge in [0.2, 0.25) is 0 Å². The third-order valence-electron chi connectivity index (χ3n) is 1.70. The number of hydrogen-bond donors (Lipinski definition) is 2. The van der Waals surface area contributed by atoms with Gasteiger partial charge in [0, 0.05) is 18.1 Å². The highest BCUT2D eigenvalue weighted by atomic mass is 35.5. The van der Waals surface area contributed by atoms with Gasteiger partial charge in [-0.2, -0.15) is 0 Å². The van der Waals surface area contributed by atoms with Gasteiger partial charge in [0.15, 0.2) is 0 Å². The lowest BCUT2D eigenvalue weighted by atomic mass is 10.2. The quantitative estimate of drug-likeness (QED) is 0.822. The highest BCUT2D eigenvalue weighted by Gasteiger charge is 2.00. The number of alkyl carbamates (subject to hydrolysis) is 1. The number of hydrogen-bond acceptors (Lipinski definition) is 3. The molecule has 0 spiro atoms. The van der Waals surface area contributed by atoms with Gasteiger partial charge in [-0.15, -0.1) is 0 Å². The molecule has 1 aromatic rings. The Labute approximate surface area is 93.4 Å². The van der Waals surface area contributed by atoms with Gasteiger partial charge in [0.1, 0.15) is 6.61 Å². The van der Waals surface area contributed by atoms with E-state index in [-0.39, 0.29) is 6.61 Å². The Bertz CT molecular complexity index is 314. The summed E-state index contributed by atoms with van der Waals surface area (Å²) in [5.41, 5.74) is 6.11. The number of halogens is 1. The van der Waals surface area contributed by atoms with Crippen LogP contribution in [-0.2, 0) is 11.3 Å². The Morgan fingerprint density at radius 3 is 2.67 bits per heavy atom. The molecule has 0 saturated heterocycles. The maximum atomic E-state index is 11.0. The number of nitrogens with one attached hydrogen (secondary N) is 1. The molecule has 4 nitrogen and oxygen atoms in total. The van der Waals surface area contributed by atoms with E-state index >= 15 is 0 Å². The zero-order valence-corrected chi connectivity index (χ0v) is 8.96. The van der Waals surface area contributed by atoms with E-state index in [1.54, 1.807) is 24.3 Å². The van der Waals surface area contributed by atoms with Crippen molar-refractivity contribution < 1.29 is 9.53 Å². The van der Waals surface area contributed by atoms with Crippen LogP contribution < -0.4 is 11.1 Å². The van der Waals surface area contributed by atoms with E-state index in [0.717, 1.165) is 5.56 Å². The molecule has 0 radical (unpaired) electrons. The summed E-state index contributed by atoms with van der Waals surface area (Å²) in [5.74, 6) is 0. The van der Waals surface area contributed by atoms with Crippen molar-refractivity contribution in [1.82, 2.24) is 5.32 Å². The molecule has 82 valence electrons. The largest absolute Gasteiger partial charge is 0.445 e. The topological polar surface area (TPSA) is 64.3 Å². The smallest absolute Gasteiger partial charge is 0.407 e. The highest BCUT2D eigenvalue weighted by Crippen LogP contribution is 2.10. The summed E-state index contributed by atoms with van der Waals surface area (Å²) in [5, 5.41) is 3.16. The van der Waals surface area contributed by atoms with E-state index in [1.165, 1.54) is 0 Å². The first kappa shape index (κ1) is 11.8. The molecule has 5 heteroatoms. The highest BCUT2D eigenvalue weighted by molar-refractivity contribution is 6.30. The fraction of sp³-hybridized carbons (Fsp3) is 0.300. The van der Waals surface area contributed by atoms with Crippen LogP contribution in [0.5, 0.6) is 0 Å². The number of ether oxygens (including phenoxy) is 1. The van der Waals surface area contributed by atoms with Gasteiger partial charge in [0.25, 0.3) is 0 Å². The molecule has 0 heterocycles. The molecule has 1 rings (SSSR count). The zero-order chi connectivity index (χ0) is 11.1. The monoisotopic (exact) mass is 228 g/mol. The normalized spacial score (nSPS) is 9.73. The molecule has 0 fully saturated rings. The molecule has 0 aliphatic heterocycles. The number of rotatable bonds is 4. The zero-order valence-electron chi connectivity index (χ0n) is 8.20. The lowest BCUT2D eigenvalue weighted by Crippen LogP contribution is -2.29. The minimum atomic E-state index is -0.463. The lowest BCUT2D eigenvalue weighted by molar-refractivity contribution is 0.140. The molecule has 0 bridgehead atoms. The second kappa shape index (κ2) is 6.27. The van der Waals surface area contributed by atoms with Crippen molar-refractivity contribution in [1.29, 1.82) is 0 Å². The van der Waals surface area contributed by atoms with Crippen molar-refractivity contribution in [2.45, 2.75) is 6.61 Å². The number of carbonyl (C=O) groups excluding carboxylic acids is 1. The number of nitrogens with two attached hydrogens (primary N) is 1. The van der Waals surface area contributed by atoms with Gasteiger partial charge < -0.3 is 15.8 Å². The summed E-state index contributed by atoms with van der Waals surface area (Å²) < 4.78 is 4.92. The van der Waals surface area contributed by atoms with Crippen molar-refractivity contribution in [3.63, 3.8) is 0 Å². The third kappa shape index (κ3) is 4.67.